The Labute approximate surface area is 117 Å². The molecule has 1 aromatic carbocycles. The van der Waals surface area contributed by atoms with E-state index in [9.17, 15) is 4.79 Å². The first kappa shape index (κ1) is 14.0. The number of hydrogen-bond acceptors (Lipinski definition) is 4. The van der Waals surface area contributed by atoms with Gasteiger partial charge in [-0.25, -0.2) is 4.98 Å². The third kappa shape index (κ3) is 4.72. The third-order valence-electron chi connectivity index (χ3n) is 2.68. The first-order valence-electron chi connectivity index (χ1n) is 6.53. The Kier molecular flexibility index (Phi) is 5.11. The number of nitrogens with zero attached hydrogens (tertiary/aromatic N) is 3. The molecule has 0 aliphatic carbocycles. The second kappa shape index (κ2) is 7.28. The Morgan fingerprint density at radius 2 is 2.20 bits per heavy atom. The average Bonchev–Trinajstić information content (AvgIpc) is 2.92. The molecule has 0 spiro atoms. The lowest BCUT2D eigenvalue weighted by Gasteiger charge is -2.13. The molecule has 1 atom stereocenters. The van der Waals surface area contributed by atoms with Crippen LogP contribution in [0.15, 0.2) is 43.0 Å². The second-order valence-electron chi connectivity index (χ2n) is 4.50. The summed E-state index contributed by atoms with van der Waals surface area (Å²) in [7, 11) is 0. The molecule has 0 aliphatic rings. The molecule has 106 valence electrons. The van der Waals surface area contributed by atoms with Crippen LogP contribution < -0.4 is 10.1 Å². The molecule has 2 aromatic rings. The lowest BCUT2D eigenvalue weighted by molar-refractivity contribution is -0.122. The summed E-state index contributed by atoms with van der Waals surface area (Å²) >= 11 is 0. The van der Waals surface area contributed by atoms with Crippen LogP contribution >= 0.6 is 0 Å². The molecule has 1 heterocycles. The minimum Gasteiger partial charge on any atom is -0.493 e. The number of carbonyl (C=O) groups is 1. The molecule has 1 unspecified atom stereocenters. The van der Waals surface area contributed by atoms with E-state index >= 15 is 0 Å². The van der Waals surface area contributed by atoms with E-state index in [0.717, 1.165) is 5.75 Å². The van der Waals surface area contributed by atoms with Crippen LogP contribution in [0.3, 0.4) is 0 Å². The largest absolute Gasteiger partial charge is 0.493 e. The van der Waals surface area contributed by atoms with Crippen molar-refractivity contribution in [1.29, 1.82) is 0 Å². The van der Waals surface area contributed by atoms with Crippen molar-refractivity contribution in [2.75, 3.05) is 6.61 Å². The fourth-order valence-electron chi connectivity index (χ4n) is 1.78. The predicted octanol–water partition coefficient (Wildman–Crippen LogP) is 1.25. The number of carbonyl (C=O) groups excluding carboxylic acids is 1. The lowest BCUT2D eigenvalue weighted by Crippen LogP contribution is -2.36. The van der Waals surface area contributed by atoms with Gasteiger partial charge in [0.2, 0.25) is 5.91 Å². The minimum absolute atomic E-state index is 0.000857. The third-order valence-corrected chi connectivity index (χ3v) is 2.68. The molecule has 0 radical (unpaired) electrons. The van der Waals surface area contributed by atoms with E-state index < -0.39 is 0 Å². The van der Waals surface area contributed by atoms with Gasteiger partial charge in [-0.2, -0.15) is 5.10 Å². The molecule has 0 bridgehead atoms. The van der Waals surface area contributed by atoms with E-state index in [1.54, 1.807) is 11.0 Å². The number of aromatic nitrogens is 3. The molecule has 1 aromatic heterocycles. The van der Waals surface area contributed by atoms with E-state index in [1.807, 2.05) is 37.3 Å². The van der Waals surface area contributed by atoms with E-state index in [2.05, 4.69) is 15.4 Å². The van der Waals surface area contributed by atoms with Crippen LogP contribution in [0.5, 0.6) is 5.75 Å². The summed E-state index contributed by atoms with van der Waals surface area (Å²) in [6.07, 6.45) is 3.43. The molecule has 0 saturated carbocycles. The quantitative estimate of drug-likeness (QED) is 0.825. The van der Waals surface area contributed by atoms with Crippen molar-refractivity contribution in [3.05, 3.63) is 43.0 Å². The summed E-state index contributed by atoms with van der Waals surface area (Å²) in [6, 6.07) is 9.45. The van der Waals surface area contributed by atoms with Gasteiger partial charge in [-0.05, 0) is 19.1 Å². The topological polar surface area (TPSA) is 69.0 Å². The van der Waals surface area contributed by atoms with Gasteiger partial charge in [0.25, 0.3) is 0 Å². The molecule has 0 aliphatic heterocycles. The first-order chi connectivity index (χ1) is 9.74. The molecule has 6 heteroatoms. The van der Waals surface area contributed by atoms with Crippen LogP contribution in [0.25, 0.3) is 0 Å². The number of nitrogens with one attached hydrogen (secondary N) is 1. The van der Waals surface area contributed by atoms with E-state index in [0.29, 0.717) is 19.6 Å². The van der Waals surface area contributed by atoms with Crippen LogP contribution in [0.2, 0.25) is 0 Å². The highest BCUT2D eigenvalue weighted by Gasteiger charge is 2.08. The van der Waals surface area contributed by atoms with Gasteiger partial charge in [0.1, 0.15) is 18.4 Å². The molecular weight excluding hydrogens is 256 g/mol. The number of ether oxygens (including phenoxy) is 1. The van der Waals surface area contributed by atoms with Gasteiger partial charge in [-0.1, -0.05) is 18.2 Å². The van der Waals surface area contributed by atoms with E-state index in [-0.39, 0.29) is 11.9 Å². The molecule has 6 nitrogen and oxygen atoms in total. The molecule has 2 rings (SSSR count). The van der Waals surface area contributed by atoms with Crippen molar-refractivity contribution < 1.29 is 9.53 Å². The Bertz CT molecular complexity index is 513. The molecule has 1 amide bonds. The van der Waals surface area contributed by atoms with Crippen LogP contribution in [-0.4, -0.2) is 33.3 Å². The first-order valence-corrected chi connectivity index (χ1v) is 6.53. The highest BCUT2D eigenvalue weighted by atomic mass is 16.5. The van der Waals surface area contributed by atoms with E-state index in [1.165, 1.54) is 6.33 Å². The van der Waals surface area contributed by atoms with Crippen molar-refractivity contribution in [2.45, 2.75) is 25.9 Å². The van der Waals surface area contributed by atoms with Gasteiger partial charge in [-0.15, -0.1) is 0 Å². The van der Waals surface area contributed by atoms with Gasteiger partial charge in [0.05, 0.1) is 19.6 Å². The van der Waals surface area contributed by atoms with Crippen LogP contribution in [-0.2, 0) is 11.3 Å². The lowest BCUT2D eigenvalue weighted by atomic mass is 10.3. The number of para-hydroxylation sites is 1. The minimum atomic E-state index is -0.0338. The molecule has 0 saturated heterocycles. The Morgan fingerprint density at radius 1 is 1.40 bits per heavy atom. The van der Waals surface area contributed by atoms with Crippen molar-refractivity contribution in [3.8, 4) is 5.75 Å². The van der Waals surface area contributed by atoms with Crippen LogP contribution in [0.4, 0.5) is 0 Å². The zero-order chi connectivity index (χ0) is 14.2. The Morgan fingerprint density at radius 3 is 2.90 bits per heavy atom. The summed E-state index contributed by atoms with van der Waals surface area (Å²) in [5.41, 5.74) is 0. The van der Waals surface area contributed by atoms with Gasteiger partial charge >= 0.3 is 0 Å². The van der Waals surface area contributed by atoms with Gasteiger partial charge in [-0.3, -0.25) is 9.48 Å². The van der Waals surface area contributed by atoms with Crippen LogP contribution in [0.1, 0.15) is 13.3 Å². The van der Waals surface area contributed by atoms with Crippen molar-refractivity contribution in [3.63, 3.8) is 0 Å². The fraction of sp³-hybridized carbons (Fsp3) is 0.357. The maximum Gasteiger partial charge on any atom is 0.223 e. The zero-order valence-electron chi connectivity index (χ0n) is 11.4. The fourth-order valence-corrected chi connectivity index (χ4v) is 1.78. The zero-order valence-corrected chi connectivity index (χ0v) is 11.4. The van der Waals surface area contributed by atoms with Gasteiger partial charge < -0.3 is 10.1 Å². The monoisotopic (exact) mass is 274 g/mol. The number of amides is 1. The van der Waals surface area contributed by atoms with Crippen molar-refractivity contribution in [2.24, 2.45) is 0 Å². The number of rotatable bonds is 7. The average molecular weight is 274 g/mol. The van der Waals surface area contributed by atoms with E-state index in [4.69, 9.17) is 4.74 Å². The summed E-state index contributed by atoms with van der Waals surface area (Å²) in [6.45, 7) is 2.90. The molecule has 1 N–H and O–H groups in total. The normalized spacial score (nSPS) is 11.8. The summed E-state index contributed by atoms with van der Waals surface area (Å²) in [5.74, 6) is 0.740. The summed E-state index contributed by atoms with van der Waals surface area (Å²) in [4.78, 5) is 15.6. The SMILES string of the molecule is CC(Cn1cncn1)NC(=O)CCOc1ccccc1. The highest BCUT2D eigenvalue weighted by Crippen LogP contribution is 2.08. The van der Waals surface area contributed by atoms with Crippen molar-refractivity contribution >= 4 is 5.91 Å². The van der Waals surface area contributed by atoms with Gasteiger partial charge in [0, 0.05) is 6.04 Å². The Balaban J connectivity index is 1.65. The maximum absolute atomic E-state index is 11.7. The molecular formula is C14H18N4O2. The maximum atomic E-state index is 11.7. The predicted molar refractivity (Wildman–Crippen MR) is 74.2 cm³/mol. The Hall–Kier alpha value is -2.37. The van der Waals surface area contributed by atoms with Crippen molar-refractivity contribution in [1.82, 2.24) is 20.1 Å². The summed E-state index contributed by atoms with van der Waals surface area (Å²) < 4.78 is 7.16. The highest BCUT2D eigenvalue weighted by molar-refractivity contribution is 5.76. The number of benzene rings is 1. The second-order valence-corrected chi connectivity index (χ2v) is 4.50. The smallest absolute Gasteiger partial charge is 0.223 e. The molecule has 20 heavy (non-hydrogen) atoms. The van der Waals surface area contributed by atoms with Crippen LogP contribution in [0, 0.1) is 0 Å². The van der Waals surface area contributed by atoms with Gasteiger partial charge in [0.15, 0.2) is 0 Å². The molecule has 0 fully saturated rings. The standard InChI is InChI=1S/C14H18N4O2/c1-12(9-18-11-15-10-16-18)17-14(19)7-8-20-13-5-3-2-4-6-13/h2-6,10-12H,7-9H2,1H3,(H,17,19). The number of hydrogen-bond donors (Lipinski definition) is 1. The summed E-state index contributed by atoms with van der Waals surface area (Å²) in [5, 5.41) is 6.89.